The molecule has 0 spiro atoms. The van der Waals surface area contributed by atoms with Crippen LogP contribution in [0.3, 0.4) is 0 Å². The largest absolute Gasteiger partial charge is 0.397 e. The standard InChI is InChI=1S/C12H13N3S/c1-8(13)16-7-10(14)12-6-9-4-2-3-5-11(9)15-12/h2-7,15H,1,13-14H2/b10-7-. The number of rotatable bonds is 3. The van der Waals surface area contributed by atoms with Crippen LogP contribution in [0.2, 0.25) is 0 Å². The molecular weight excluding hydrogens is 218 g/mol. The molecule has 2 rings (SSSR count). The predicted octanol–water partition coefficient (Wildman–Crippen LogP) is 2.59. The number of fused-ring (bicyclic) bond motifs is 1. The summed E-state index contributed by atoms with van der Waals surface area (Å²) in [6, 6.07) is 10.1. The summed E-state index contributed by atoms with van der Waals surface area (Å²) < 4.78 is 0. The van der Waals surface area contributed by atoms with E-state index in [1.165, 1.54) is 11.8 Å². The van der Waals surface area contributed by atoms with Crippen LogP contribution in [0.15, 0.2) is 47.3 Å². The van der Waals surface area contributed by atoms with E-state index in [9.17, 15) is 0 Å². The molecule has 0 aliphatic rings. The minimum absolute atomic E-state index is 0.527. The van der Waals surface area contributed by atoms with Crippen molar-refractivity contribution in [2.24, 2.45) is 11.5 Å². The van der Waals surface area contributed by atoms with E-state index < -0.39 is 0 Å². The number of nitrogens with one attached hydrogen (secondary N) is 1. The average molecular weight is 231 g/mol. The van der Waals surface area contributed by atoms with Crippen molar-refractivity contribution < 1.29 is 0 Å². The number of nitrogens with two attached hydrogens (primary N) is 2. The molecule has 3 nitrogen and oxygen atoms in total. The average Bonchev–Trinajstić information content (AvgIpc) is 2.69. The molecule has 2 aromatic rings. The van der Waals surface area contributed by atoms with Crippen LogP contribution in [0.1, 0.15) is 5.69 Å². The molecule has 0 unspecified atom stereocenters. The summed E-state index contributed by atoms with van der Waals surface area (Å²) in [5.74, 6) is 0. The van der Waals surface area contributed by atoms with Gasteiger partial charge in [0, 0.05) is 16.3 Å². The second-order valence-corrected chi connectivity index (χ2v) is 4.42. The van der Waals surface area contributed by atoms with Gasteiger partial charge >= 0.3 is 0 Å². The number of hydrogen-bond acceptors (Lipinski definition) is 3. The highest BCUT2D eigenvalue weighted by molar-refractivity contribution is 8.05. The Hall–Kier alpha value is -1.81. The Bertz CT molecular complexity index is 521. The maximum Gasteiger partial charge on any atom is 0.0630 e. The number of para-hydroxylation sites is 1. The monoisotopic (exact) mass is 231 g/mol. The van der Waals surface area contributed by atoms with Gasteiger partial charge in [0.25, 0.3) is 0 Å². The molecule has 0 aliphatic carbocycles. The van der Waals surface area contributed by atoms with Gasteiger partial charge in [-0.15, -0.1) is 0 Å². The third-order valence-electron chi connectivity index (χ3n) is 2.18. The first-order valence-corrected chi connectivity index (χ1v) is 5.69. The molecule has 0 radical (unpaired) electrons. The van der Waals surface area contributed by atoms with Gasteiger partial charge in [-0.25, -0.2) is 0 Å². The second-order valence-electron chi connectivity index (χ2n) is 3.43. The van der Waals surface area contributed by atoms with Crippen LogP contribution in [0.4, 0.5) is 0 Å². The van der Waals surface area contributed by atoms with Crippen LogP contribution in [-0.4, -0.2) is 4.98 Å². The molecule has 0 atom stereocenters. The summed E-state index contributed by atoms with van der Waals surface area (Å²) in [6.45, 7) is 3.59. The number of aromatic amines is 1. The van der Waals surface area contributed by atoms with Crippen molar-refractivity contribution in [2.45, 2.75) is 0 Å². The molecule has 1 aromatic heterocycles. The predicted molar refractivity (Wildman–Crippen MR) is 71.4 cm³/mol. The summed E-state index contributed by atoms with van der Waals surface area (Å²) in [5, 5.41) is 3.46. The highest BCUT2D eigenvalue weighted by Crippen LogP contribution is 2.20. The summed E-state index contributed by atoms with van der Waals surface area (Å²) in [5.41, 5.74) is 14.0. The molecule has 0 bridgehead atoms. The van der Waals surface area contributed by atoms with Crippen LogP contribution >= 0.6 is 11.8 Å². The molecule has 1 heterocycles. The Morgan fingerprint density at radius 3 is 2.75 bits per heavy atom. The van der Waals surface area contributed by atoms with Gasteiger partial charge in [-0.1, -0.05) is 36.5 Å². The zero-order chi connectivity index (χ0) is 11.5. The van der Waals surface area contributed by atoms with Crippen molar-refractivity contribution in [3.63, 3.8) is 0 Å². The van der Waals surface area contributed by atoms with Crippen LogP contribution < -0.4 is 11.5 Å². The molecular formula is C12H13N3S. The lowest BCUT2D eigenvalue weighted by molar-refractivity contribution is 1.37. The Morgan fingerprint density at radius 1 is 1.31 bits per heavy atom. The van der Waals surface area contributed by atoms with Gasteiger partial charge in [-0.2, -0.15) is 0 Å². The highest BCUT2D eigenvalue weighted by atomic mass is 32.2. The molecule has 1 aromatic carbocycles. The minimum atomic E-state index is 0.527. The maximum atomic E-state index is 5.92. The van der Waals surface area contributed by atoms with Gasteiger partial charge in [-0.05, 0) is 12.1 Å². The molecule has 0 saturated heterocycles. The first kappa shape index (κ1) is 10.7. The van der Waals surface area contributed by atoms with Crippen molar-refractivity contribution in [3.8, 4) is 0 Å². The topological polar surface area (TPSA) is 67.8 Å². The van der Waals surface area contributed by atoms with Crippen LogP contribution in [0.25, 0.3) is 16.6 Å². The van der Waals surface area contributed by atoms with E-state index in [1.807, 2.05) is 30.3 Å². The number of benzene rings is 1. The summed E-state index contributed by atoms with van der Waals surface area (Å²) in [4.78, 5) is 3.24. The molecule has 0 aliphatic heterocycles. The van der Waals surface area contributed by atoms with E-state index in [0.717, 1.165) is 16.6 Å². The second kappa shape index (κ2) is 4.37. The Labute approximate surface area is 98.2 Å². The highest BCUT2D eigenvalue weighted by Gasteiger charge is 2.01. The Kier molecular flexibility index (Phi) is 2.92. The van der Waals surface area contributed by atoms with E-state index >= 15 is 0 Å². The summed E-state index contributed by atoms with van der Waals surface area (Å²) >= 11 is 1.32. The Balaban J connectivity index is 2.33. The molecule has 4 heteroatoms. The van der Waals surface area contributed by atoms with Gasteiger partial charge < -0.3 is 16.5 Å². The van der Waals surface area contributed by atoms with Gasteiger partial charge in [0.2, 0.25) is 0 Å². The number of H-pyrrole nitrogens is 1. The molecule has 82 valence electrons. The fraction of sp³-hybridized carbons (Fsp3) is 0. The number of thioether (sulfide) groups is 1. The normalized spacial score (nSPS) is 11.9. The molecule has 0 amide bonds. The third-order valence-corrected chi connectivity index (χ3v) is 2.85. The lowest BCUT2D eigenvalue weighted by atomic mass is 10.2. The lowest BCUT2D eigenvalue weighted by Crippen LogP contribution is -1.96. The summed E-state index contributed by atoms with van der Waals surface area (Å²) in [7, 11) is 0. The fourth-order valence-electron chi connectivity index (χ4n) is 1.43. The SMILES string of the molecule is C=C(N)S/C=C(\N)c1cc2ccccc2[nH]1. The maximum absolute atomic E-state index is 5.92. The van der Waals surface area contributed by atoms with Crippen molar-refractivity contribution in [1.29, 1.82) is 0 Å². The van der Waals surface area contributed by atoms with Crippen molar-refractivity contribution in [2.75, 3.05) is 0 Å². The molecule has 5 N–H and O–H groups in total. The number of hydrogen-bond donors (Lipinski definition) is 3. The van der Waals surface area contributed by atoms with Crippen molar-refractivity contribution >= 4 is 28.4 Å². The fourth-order valence-corrected chi connectivity index (χ4v) is 1.84. The lowest BCUT2D eigenvalue weighted by Gasteiger charge is -1.97. The van der Waals surface area contributed by atoms with Gasteiger partial charge in [0.05, 0.1) is 16.4 Å². The first-order valence-electron chi connectivity index (χ1n) is 4.81. The van der Waals surface area contributed by atoms with E-state index in [4.69, 9.17) is 11.5 Å². The van der Waals surface area contributed by atoms with Gasteiger partial charge in [0.1, 0.15) is 0 Å². The van der Waals surface area contributed by atoms with E-state index in [-0.39, 0.29) is 0 Å². The molecule has 16 heavy (non-hydrogen) atoms. The number of aromatic nitrogens is 1. The Morgan fingerprint density at radius 2 is 2.06 bits per heavy atom. The van der Waals surface area contributed by atoms with Crippen LogP contribution in [0, 0.1) is 0 Å². The zero-order valence-corrected chi connectivity index (χ0v) is 9.55. The third kappa shape index (κ3) is 2.23. The zero-order valence-electron chi connectivity index (χ0n) is 8.73. The van der Waals surface area contributed by atoms with E-state index in [2.05, 4.69) is 11.6 Å². The van der Waals surface area contributed by atoms with Gasteiger partial charge in [-0.3, -0.25) is 0 Å². The van der Waals surface area contributed by atoms with Gasteiger partial charge in [0.15, 0.2) is 0 Å². The molecule has 0 saturated carbocycles. The minimum Gasteiger partial charge on any atom is -0.397 e. The molecule has 0 fully saturated rings. The van der Waals surface area contributed by atoms with Crippen LogP contribution in [-0.2, 0) is 0 Å². The van der Waals surface area contributed by atoms with Crippen molar-refractivity contribution in [3.05, 3.63) is 53.0 Å². The van der Waals surface area contributed by atoms with Crippen molar-refractivity contribution in [1.82, 2.24) is 4.98 Å². The first-order chi connectivity index (χ1) is 7.66. The van der Waals surface area contributed by atoms with E-state index in [1.54, 1.807) is 5.41 Å². The van der Waals surface area contributed by atoms with Crippen LogP contribution in [0.5, 0.6) is 0 Å². The quantitative estimate of drug-likeness (QED) is 0.760. The van der Waals surface area contributed by atoms with E-state index in [0.29, 0.717) is 10.7 Å². The summed E-state index contributed by atoms with van der Waals surface area (Å²) in [6.07, 6.45) is 0. The smallest absolute Gasteiger partial charge is 0.0630 e.